The summed E-state index contributed by atoms with van der Waals surface area (Å²) in [6, 6.07) is 14.0. The van der Waals surface area contributed by atoms with Crippen molar-refractivity contribution in [3.05, 3.63) is 65.5 Å². The maximum absolute atomic E-state index is 13.7. The fraction of sp³-hybridized carbons (Fsp3) is 0.250. The molecule has 0 saturated carbocycles. The third-order valence-electron chi connectivity index (χ3n) is 2.85. The summed E-state index contributed by atoms with van der Waals surface area (Å²) in [6.07, 6.45) is -0.701. The summed E-state index contributed by atoms with van der Waals surface area (Å²) < 4.78 is 24.2. The fourth-order valence-electron chi connectivity index (χ4n) is 1.73. The molecule has 2 aromatic carbocycles. The Morgan fingerprint density at radius 1 is 1.15 bits per heavy atom. The van der Waals surface area contributed by atoms with Crippen LogP contribution in [-0.4, -0.2) is 11.9 Å². The lowest BCUT2D eigenvalue weighted by Crippen LogP contribution is -2.04. The van der Waals surface area contributed by atoms with Gasteiger partial charge < -0.3 is 14.6 Å². The zero-order valence-corrected chi connectivity index (χ0v) is 11.3. The Kier molecular flexibility index (Phi) is 5.09. The molecule has 20 heavy (non-hydrogen) atoms. The highest BCUT2D eigenvalue weighted by Gasteiger charge is 2.07. The second-order valence-electron chi connectivity index (χ2n) is 4.46. The van der Waals surface area contributed by atoms with Gasteiger partial charge in [0.05, 0.1) is 12.7 Å². The third-order valence-corrected chi connectivity index (χ3v) is 2.85. The predicted octanol–water partition coefficient (Wildman–Crippen LogP) is 3.43. The molecular formula is C16H17FO3. The van der Waals surface area contributed by atoms with Crippen LogP contribution in [0.2, 0.25) is 0 Å². The van der Waals surface area contributed by atoms with Crippen LogP contribution in [0.1, 0.15) is 24.2 Å². The average molecular weight is 276 g/mol. The first-order valence-electron chi connectivity index (χ1n) is 6.39. The Morgan fingerprint density at radius 2 is 1.90 bits per heavy atom. The van der Waals surface area contributed by atoms with E-state index in [0.29, 0.717) is 12.2 Å². The summed E-state index contributed by atoms with van der Waals surface area (Å²) in [6.45, 7) is 1.96. The van der Waals surface area contributed by atoms with Crippen LogP contribution in [0.3, 0.4) is 0 Å². The highest BCUT2D eigenvalue weighted by molar-refractivity contribution is 5.30. The van der Waals surface area contributed by atoms with Gasteiger partial charge in [0.2, 0.25) is 0 Å². The highest BCUT2D eigenvalue weighted by atomic mass is 19.1. The van der Waals surface area contributed by atoms with Crippen molar-refractivity contribution in [1.29, 1.82) is 0 Å². The van der Waals surface area contributed by atoms with Gasteiger partial charge in [-0.3, -0.25) is 0 Å². The minimum Gasteiger partial charge on any atom is -0.464 e. The Balaban J connectivity index is 1.82. The average Bonchev–Trinajstić information content (AvgIpc) is 2.46. The zero-order chi connectivity index (χ0) is 14.4. The van der Waals surface area contributed by atoms with Crippen molar-refractivity contribution < 1.29 is 19.0 Å². The summed E-state index contributed by atoms with van der Waals surface area (Å²) in [4.78, 5) is 0. The number of aliphatic hydroxyl groups is 1. The van der Waals surface area contributed by atoms with Crippen LogP contribution < -0.4 is 4.74 Å². The minimum absolute atomic E-state index is 0.0279. The molecule has 1 atom stereocenters. The first-order valence-corrected chi connectivity index (χ1v) is 6.39. The molecule has 1 unspecified atom stereocenters. The summed E-state index contributed by atoms with van der Waals surface area (Å²) in [5.41, 5.74) is 1.54. The summed E-state index contributed by atoms with van der Waals surface area (Å²) >= 11 is 0. The van der Waals surface area contributed by atoms with Gasteiger partial charge in [-0.1, -0.05) is 36.4 Å². The van der Waals surface area contributed by atoms with Crippen LogP contribution in [0, 0.1) is 5.82 Å². The van der Waals surface area contributed by atoms with E-state index in [2.05, 4.69) is 0 Å². The topological polar surface area (TPSA) is 38.7 Å². The van der Waals surface area contributed by atoms with Gasteiger partial charge in [-0.2, -0.15) is 0 Å². The van der Waals surface area contributed by atoms with Crippen molar-refractivity contribution in [3.8, 4) is 5.75 Å². The van der Waals surface area contributed by atoms with E-state index in [1.54, 1.807) is 13.0 Å². The van der Waals surface area contributed by atoms with Crippen LogP contribution in [0.15, 0.2) is 48.5 Å². The van der Waals surface area contributed by atoms with Crippen LogP contribution in [0.4, 0.5) is 4.39 Å². The number of aliphatic hydroxyl groups excluding tert-OH is 1. The molecule has 0 saturated heterocycles. The van der Waals surface area contributed by atoms with Crippen LogP contribution in [0.5, 0.6) is 5.75 Å². The predicted molar refractivity (Wildman–Crippen MR) is 73.8 cm³/mol. The standard InChI is InChI=1S/C16H17FO3/c1-12(18)14-7-8-16(15(17)9-14)20-11-19-10-13-5-3-2-4-6-13/h2-9,12,18H,10-11H2,1H3. The molecular weight excluding hydrogens is 259 g/mol. The van der Waals surface area contributed by atoms with Crippen molar-refractivity contribution in [2.75, 3.05) is 6.79 Å². The van der Waals surface area contributed by atoms with Gasteiger partial charge in [0.1, 0.15) is 0 Å². The van der Waals surface area contributed by atoms with E-state index < -0.39 is 11.9 Å². The van der Waals surface area contributed by atoms with Crippen molar-refractivity contribution in [1.82, 2.24) is 0 Å². The van der Waals surface area contributed by atoms with Crippen molar-refractivity contribution in [2.24, 2.45) is 0 Å². The maximum atomic E-state index is 13.7. The monoisotopic (exact) mass is 276 g/mol. The van der Waals surface area contributed by atoms with Gasteiger partial charge in [-0.25, -0.2) is 4.39 Å². The number of rotatable bonds is 6. The van der Waals surface area contributed by atoms with Gasteiger partial charge in [0.15, 0.2) is 18.4 Å². The first kappa shape index (κ1) is 14.5. The van der Waals surface area contributed by atoms with E-state index in [-0.39, 0.29) is 12.5 Å². The molecule has 2 rings (SSSR count). The molecule has 0 aliphatic rings. The largest absolute Gasteiger partial charge is 0.464 e. The maximum Gasteiger partial charge on any atom is 0.189 e. The summed E-state index contributed by atoms with van der Waals surface area (Å²) in [7, 11) is 0. The molecule has 0 aliphatic carbocycles. The normalized spacial score (nSPS) is 12.2. The number of halogens is 1. The molecule has 0 heterocycles. The van der Waals surface area contributed by atoms with Gasteiger partial charge in [0, 0.05) is 0 Å². The second kappa shape index (κ2) is 7.03. The third kappa shape index (κ3) is 4.05. The van der Waals surface area contributed by atoms with Gasteiger partial charge in [0.25, 0.3) is 0 Å². The molecule has 0 aromatic heterocycles. The molecule has 0 amide bonds. The highest BCUT2D eigenvalue weighted by Crippen LogP contribution is 2.21. The molecule has 106 valence electrons. The number of hydrogen-bond acceptors (Lipinski definition) is 3. The van der Waals surface area contributed by atoms with Gasteiger partial charge >= 0.3 is 0 Å². The lowest BCUT2D eigenvalue weighted by Gasteiger charge is -2.10. The molecule has 0 aliphatic heterocycles. The zero-order valence-electron chi connectivity index (χ0n) is 11.3. The quantitative estimate of drug-likeness (QED) is 0.649. The molecule has 2 aromatic rings. The Bertz CT molecular complexity index is 541. The van der Waals surface area contributed by atoms with Crippen molar-refractivity contribution >= 4 is 0 Å². The molecule has 1 N–H and O–H groups in total. The van der Waals surface area contributed by atoms with E-state index >= 15 is 0 Å². The number of benzene rings is 2. The second-order valence-corrected chi connectivity index (χ2v) is 4.46. The van der Waals surface area contributed by atoms with Crippen molar-refractivity contribution in [2.45, 2.75) is 19.6 Å². The van der Waals surface area contributed by atoms with Crippen LogP contribution in [0.25, 0.3) is 0 Å². The Morgan fingerprint density at radius 3 is 2.55 bits per heavy atom. The molecule has 0 radical (unpaired) electrons. The molecule has 0 fully saturated rings. The van der Waals surface area contributed by atoms with Gasteiger partial charge in [-0.05, 0) is 30.2 Å². The Labute approximate surface area is 117 Å². The first-order chi connectivity index (χ1) is 9.66. The Hall–Kier alpha value is -1.91. The molecule has 0 bridgehead atoms. The molecule has 0 spiro atoms. The molecule has 4 heteroatoms. The van der Waals surface area contributed by atoms with E-state index in [1.165, 1.54) is 12.1 Å². The van der Waals surface area contributed by atoms with E-state index in [9.17, 15) is 9.50 Å². The summed E-state index contributed by atoms with van der Waals surface area (Å²) in [5.74, 6) is -0.394. The lowest BCUT2D eigenvalue weighted by molar-refractivity contribution is 0.00298. The van der Waals surface area contributed by atoms with Crippen LogP contribution in [-0.2, 0) is 11.3 Å². The SMILES string of the molecule is CC(O)c1ccc(OCOCc2ccccc2)c(F)c1. The number of ether oxygens (including phenoxy) is 2. The summed E-state index contributed by atoms with van der Waals surface area (Å²) in [5, 5.41) is 9.35. The van der Waals surface area contributed by atoms with Crippen molar-refractivity contribution in [3.63, 3.8) is 0 Å². The number of hydrogen-bond donors (Lipinski definition) is 1. The van der Waals surface area contributed by atoms with Gasteiger partial charge in [-0.15, -0.1) is 0 Å². The van der Waals surface area contributed by atoms with E-state index in [0.717, 1.165) is 5.56 Å². The van der Waals surface area contributed by atoms with Crippen LogP contribution >= 0.6 is 0 Å². The van der Waals surface area contributed by atoms with E-state index in [4.69, 9.17) is 9.47 Å². The lowest BCUT2D eigenvalue weighted by atomic mass is 10.1. The molecule has 3 nitrogen and oxygen atoms in total. The smallest absolute Gasteiger partial charge is 0.189 e. The minimum atomic E-state index is -0.701. The van der Waals surface area contributed by atoms with E-state index in [1.807, 2.05) is 30.3 Å². The fourth-order valence-corrected chi connectivity index (χ4v) is 1.73.